The van der Waals surface area contributed by atoms with Gasteiger partial charge in [-0.25, -0.2) is 0 Å². The second-order valence-electron chi connectivity index (χ2n) is 5.70. The minimum atomic E-state index is -0.639. The summed E-state index contributed by atoms with van der Waals surface area (Å²) in [7, 11) is 0. The number of hydrogen-bond donors (Lipinski definition) is 1. The summed E-state index contributed by atoms with van der Waals surface area (Å²) in [4.78, 5) is 0. The molecule has 1 aromatic heterocycles. The maximum absolute atomic E-state index is 10.7. The predicted octanol–water partition coefficient (Wildman–Crippen LogP) is 3.80. The quantitative estimate of drug-likeness (QED) is 0.927. The Hall–Kier alpha value is -1.13. The fourth-order valence-electron chi connectivity index (χ4n) is 2.94. The van der Waals surface area contributed by atoms with Gasteiger partial charge < -0.3 is 5.11 Å². The molecule has 2 aromatic rings. The van der Waals surface area contributed by atoms with Gasteiger partial charge in [0.2, 0.25) is 0 Å². The topological polar surface area (TPSA) is 38.0 Å². The van der Waals surface area contributed by atoms with E-state index in [0.717, 1.165) is 22.2 Å². The number of nitrogens with zero attached hydrogens (tertiary/aromatic N) is 2. The summed E-state index contributed by atoms with van der Waals surface area (Å²) >= 11 is 3.50. The van der Waals surface area contributed by atoms with E-state index in [1.807, 2.05) is 10.7 Å². The lowest BCUT2D eigenvalue weighted by atomic mass is 10.0. The number of aliphatic hydroxyl groups excluding tert-OH is 1. The van der Waals surface area contributed by atoms with E-state index >= 15 is 0 Å². The molecule has 0 saturated carbocycles. The fourth-order valence-corrected chi connectivity index (χ4v) is 3.43. The van der Waals surface area contributed by atoms with Gasteiger partial charge in [-0.15, -0.1) is 0 Å². The van der Waals surface area contributed by atoms with Crippen LogP contribution < -0.4 is 0 Å². The van der Waals surface area contributed by atoms with Crippen LogP contribution in [0, 0.1) is 0 Å². The Balaban J connectivity index is 2.00. The van der Waals surface area contributed by atoms with Gasteiger partial charge in [-0.2, -0.15) is 5.10 Å². The van der Waals surface area contributed by atoms with Crippen LogP contribution in [-0.4, -0.2) is 14.9 Å². The van der Waals surface area contributed by atoms with E-state index in [9.17, 15) is 5.11 Å². The largest absolute Gasteiger partial charge is 0.382 e. The lowest BCUT2D eigenvalue weighted by molar-refractivity contribution is 0.204. The van der Waals surface area contributed by atoms with E-state index in [1.54, 1.807) is 6.20 Å². The summed E-state index contributed by atoms with van der Waals surface area (Å²) < 4.78 is 2.74. The van der Waals surface area contributed by atoms with Crippen LogP contribution in [0.1, 0.15) is 54.8 Å². The normalized spacial score (nSPS) is 15.7. The number of aromatic nitrogens is 2. The highest BCUT2D eigenvalue weighted by molar-refractivity contribution is 9.10. The molecule has 20 heavy (non-hydrogen) atoms. The van der Waals surface area contributed by atoms with E-state index in [1.165, 1.54) is 24.0 Å². The molecule has 0 amide bonds. The maximum atomic E-state index is 10.7. The van der Waals surface area contributed by atoms with Gasteiger partial charge in [0.25, 0.3) is 0 Å². The Bertz CT molecular complexity index is 633. The monoisotopic (exact) mass is 334 g/mol. The Morgan fingerprint density at radius 3 is 2.75 bits per heavy atom. The number of fused-ring (bicyclic) bond motifs is 1. The first kappa shape index (κ1) is 13.8. The molecule has 1 heterocycles. The molecular formula is C16H19BrN2O. The Kier molecular flexibility index (Phi) is 3.69. The molecule has 0 spiro atoms. The van der Waals surface area contributed by atoms with Crippen molar-refractivity contribution in [2.75, 3.05) is 0 Å². The zero-order valence-electron chi connectivity index (χ0n) is 11.8. The number of hydrogen-bond acceptors (Lipinski definition) is 2. The molecule has 1 unspecified atom stereocenters. The summed E-state index contributed by atoms with van der Waals surface area (Å²) in [6, 6.07) is 6.57. The van der Waals surface area contributed by atoms with Crippen LogP contribution >= 0.6 is 15.9 Å². The lowest BCUT2D eigenvalue weighted by Gasteiger charge is -2.17. The summed E-state index contributed by atoms with van der Waals surface area (Å²) in [6.07, 6.45) is 4.63. The van der Waals surface area contributed by atoms with Gasteiger partial charge in [0, 0.05) is 6.04 Å². The number of halogens is 1. The van der Waals surface area contributed by atoms with Crippen molar-refractivity contribution in [1.82, 2.24) is 9.78 Å². The molecule has 1 N–H and O–H groups in total. The van der Waals surface area contributed by atoms with Crippen molar-refractivity contribution < 1.29 is 5.11 Å². The smallest absolute Gasteiger partial charge is 0.122 e. The van der Waals surface area contributed by atoms with Crippen LogP contribution in [0.5, 0.6) is 0 Å². The van der Waals surface area contributed by atoms with Crippen molar-refractivity contribution in [2.45, 2.75) is 45.3 Å². The van der Waals surface area contributed by atoms with Crippen LogP contribution in [0.3, 0.4) is 0 Å². The van der Waals surface area contributed by atoms with Crippen molar-refractivity contribution in [1.29, 1.82) is 0 Å². The highest BCUT2D eigenvalue weighted by Gasteiger charge is 2.22. The number of benzene rings is 1. The molecule has 3 nitrogen and oxygen atoms in total. The number of rotatable bonds is 3. The number of aryl methyl sites for hydroxylation is 2. The van der Waals surface area contributed by atoms with Gasteiger partial charge in [0.05, 0.1) is 16.4 Å². The first-order valence-corrected chi connectivity index (χ1v) is 7.90. The van der Waals surface area contributed by atoms with Gasteiger partial charge in [-0.3, -0.25) is 4.68 Å². The third-order valence-electron chi connectivity index (χ3n) is 3.97. The van der Waals surface area contributed by atoms with Gasteiger partial charge in [-0.05, 0) is 65.7 Å². The molecule has 106 valence electrons. The van der Waals surface area contributed by atoms with Crippen LogP contribution in [-0.2, 0) is 12.8 Å². The first-order chi connectivity index (χ1) is 9.58. The second-order valence-corrected chi connectivity index (χ2v) is 6.55. The standard InChI is InChI=1S/C16H19BrN2O/c1-10(2)19-15(14(17)9-18-19)16(20)13-7-6-11-4-3-5-12(11)8-13/h6-10,16,20H,3-5H2,1-2H3. The maximum Gasteiger partial charge on any atom is 0.122 e. The fraction of sp³-hybridized carbons (Fsp3) is 0.438. The minimum absolute atomic E-state index is 0.223. The molecule has 0 radical (unpaired) electrons. The SMILES string of the molecule is CC(C)n1ncc(Br)c1C(O)c1ccc2c(c1)CCC2. The summed E-state index contributed by atoms with van der Waals surface area (Å²) in [5, 5.41) is 15.1. The van der Waals surface area contributed by atoms with Gasteiger partial charge in [-0.1, -0.05) is 18.2 Å². The minimum Gasteiger partial charge on any atom is -0.382 e. The third-order valence-corrected chi connectivity index (χ3v) is 4.58. The van der Waals surface area contributed by atoms with Gasteiger partial charge >= 0.3 is 0 Å². The summed E-state index contributed by atoms with van der Waals surface area (Å²) in [5.41, 5.74) is 4.59. The van der Waals surface area contributed by atoms with Crippen molar-refractivity contribution in [3.8, 4) is 0 Å². The van der Waals surface area contributed by atoms with Crippen LogP contribution in [0.25, 0.3) is 0 Å². The van der Waals surface area contributed by atoms with E-state index in [4.69, 9.17) is 0 Å². The van der Waals surface area contributed by atoms with Crippen LogP contribution in [0.15, 0.2) is 28.9 Å². The molecule has 1 aliphatic carbocycles. The molecule has 1 atom stereocenters. The predicted molar refractivity (Wildman–Crippen MR) is 82.8 cm³/mol. The highest BCUT2D eigenvalue weighted by atomic mass is 79.9. The zero-order chi connectivity index (χ0) is 14.3. The van der Waals surface area contributed by atoms with Crippen molar-refractivity contribution in [3.63, 3.8) is 0 Å². The van der Waals surface area contributed by atoms with Gasteiger partial charge in [0.15, 0.2) is 0 Å². The van der Waals surface area contributed by atoms with Crippen LogP contribution in [0.2, 0.25) is 0 Å². The summed E-state index contributed by atoms with van der Waals surface area (Å²) in [6.45, 7) is 4.14. The van der Waals surface area contributed by atoms with Crippen molar-refractivity contribution >= 4 is 15.9 Å². The molecular weight excluding hydrogens is 316 g/mol. The van der Waals surface area contributed by atoms with Crippen molar-refractivity contribution in [2.24, 2.45) is 0 Å². The Morgan fingerprint density at radius 2 is 2.00 bits per heavy atom. The van der Waals surface area contributed by atoms with Gasteiger partial charge in [0.1, 0.15) is 6.10 Å². The molecule has 3 rings (SSSR count). The lowest BCUT2D eigenvalue weighted by Crippen LogP contribution is -2.12. The van der Waals surface area contributed by atoms with Crippen molar-refractivity contribution in [3.05, 3.63) is 51.3 Å². The van der Waals surface area contributed by atoms with E-state index < -0.39 is 6.10 Å². The molecule has 0 saturated heterocycles. The highest BCUT2D eigenvalue weighted by Crippen LogP contribution is 2.32. The second kappa shape index (κ2) is 5.34. The molecule has 1 aliphatic rings. The molecule has 0 bridgehead atoms. The molecule has 1 aromatic carbocycles. The number of aliphatic hydroxyl groups is 1. The Labute approximate surface area is 127 Å². The van der Waals surface area contributed by atoms with Crippen LogP contribution in [0.4, 0.5) is 0 Å². The average molecular weight is 335 g/mol. The zero-order valence-corrected chi connectivity index (χ0v) is 13.4. The van der Waals surface area contributed by atoms with E-state index in [0.29, 0.717) is 0 Å². The molecule has 0 fully saturated rings. The summed E-state index contributed by atoms with van der Waals surface area (Å²) in [5.74, 6) is 0. The average Bonchev–Trinajstić information content (AvgIpc) is 3.03. The van der Waals surface area contributed by atoms with E-state index in [-0.39, 0.29) is 6.04 Å². The van der Waals surface area contributed by atoms with E-state index in [2.05, 4.69) is 47.0 Å². The third kappa shape index (κ3) is 2.31. The molecule has 0 aliphatic heterocycles. The first-order valence-electron chi connectivity index (χ1n) is 7.10. The Morgan fingerprint density at radius 1 is 1.25 bits per heavy atom. The molecule has 4 heteroatoms.